The predicted molar refractivity (Wildman–Crippen MR) is 57.6 cm³/mol. The predicted octanol–water partition coefficient (Wildman–Crippen LogP) is 3.37. The fourth-order valence-corrected chi connectivity index (χ4v) is 1.04. The molecule has 0 amide bonds. The van der Waals surface area contributed by atoms with E-state index >= 15 is 0 Å². The summed E-state index contributed by atoms with van der Waals surface area (Å²) in [4.78, 5) is 11.4. The molecule has 0 spiro atoms. The second-order valence-corrected chi connectivity index (χ2v) is 3.97. The molecule has 0 bridgehead atoms. The molecular formula is C12H20O. The molecular weight excluding hydrogens is 160 g/mol. The highest BCUT2D eigenvalue weighted by Gasteiger charge is 2.12. The normalized spacial score (nSPS) is 13.4. The number of carbonyl (C=O) groups is 1. The number of allylic oxidation sites excluding steroid dienone is 4. The van der Waals surface area contributed by atoms with Gasteiger partial charge in [0.1, 0.15) is 5.78 Å². The molecule has 0 fully saturated rings. The maximum atomic E-state index is 11.4. The van der Waals surface area contributed by atoms with Crippen molar-refractivity contribution in [3.63, 3.8) is 0 Å². The lowest BCUT2D eigenvalue weighted by Gasteiger charge is -2.07. The molecule has 1 atom stereocenters. The van der Waals surface area contributed by atoms with Gasteiger partial charge in [0.25, 0.3) is 0 Å². The van der Waals surface area contributed by atoms with Crippen LogP contribution in [0.1, 0.15) is 34.6 Å². The van der Waals surface area contributed by atoms with Crippen molar-refractivity contribution < 1.29 is 4.79 Å². The third kappa shape index (κ3) is 5.40. The van der Waals surface area contributed by atoms with E-state index in [1.807, 2.05) is 52.8 Å². The van der Waals surface area contributed by atoms with Crippen LogP contribution in [0.25, 0.3) is 0 Å². The van der Waals surface area contributed by atoms with Gasteiger partial charge in [-0.05, 0) is 13.8 Å². The zero-order chi connectivity index (χ0) is 10.4. The number of rotatable bonds is 4. The maximum absolute atomic E-state index is 11.4. The van der Waals surface area contributed by atoms with Gasteiger partial charge in [-0.25, -0.2) is 0 Å². The summed E-state index contributed by atoms with van der Waals surface area (Å²) in [5, 5.41) is 0. The van der Waals surface area contributed by atoms with Crippen LogP contribution in [0.15, 0.2) is 23.8 Å². The first-order valence-electron chi connectivity index (χ1n) is 4.80. The second kappa shape index (κ2) is 5.74. The van der Waals surface area contributed by atoms with Crippen LogP contribution in [0.5, 0.6) is 0 Å². The SMILES string of the molecule is CC(C)=C/C=C/C(C)C(=O)C(C)C. The lowest BCUT2D eigenvalue weighted by molar-refractivity contribution is -0.123. The van der Waals surface area contributed by atoms with E-state index in [1.165, 1.54) is 5.57 Å². The van der Waals surface area contributed by atoms with Gasteiger partial charge in [-0.1, -0.05) is 44.6 Å². The number of carbonyl (C=O) groups excluding carboxylic acids is 1. The van der Waals surface area contributed by atoms with Gasteiger partial charge in [0.05, 0.1) is 0 Å². The lowest BCUT2D eigenvalue weighted by Crippen LogP contribution is -2.14. The molecule has 0 heterocycles. The molecule has 1 unspecified atom stereocenters. The molecule has 0 saturated carbocycles. The van der Waals surface area contributed by atoms with Crippen molar-refractivity contribution >= 4 is 5.78 Å². The van der Waals surface area contributed by atoms with Gasteiger partial charge in [0.15, 0.2) is 0 Å². The Bertz CT molecular complexity index is 217. The smallest absolute Gasteiger partial charge is 0.141 e. The molecule has 0 aliphatic heterocycles. The zero-order valence-electron chi connectivity index (χ0n) is 9.29. The molecule has 1 heteroatoms. The Morgan fingerprint density at radius 2 is 1.69 bits per heavy atom. The van der Waals surface area contributed by atoms with Crippen molar-refractivity contribution in [3.8, 4) is 0 Å². The van der Waals surface area contributed by atoms with Crippen LogP contribution < -0.4 is 0 Å². The van der Waals surface area contributed by atoms with E-state index in [4.69, 9.17) is 0 Å². The fraction of sp³-hybridized carbons (Fsp3) is 0.583. The van der Waals surface area contributed by atoms with Gasteiger partial charge in [0, 0.05) is 11.8 Å². The number of hydrogen-bond donors (Lipinski definition) is 0. The summed E-state index contributed by atoms with van der Waals surface area (Å²) in [6, 6.07) is 0. The van der Waals surface area contributed by atoms with Crippen molar-refractivity contribution in [1.29, 1.82) is 0 Å². The molecule has 74 valence electrons. The summed E-state index contributed by atoms with van der Waals surface area (Å²) < 4.78 is 0. The standard InChI is InChI=1S/C12H20O/c1-9(2)7-6-8-11(5)12(13)10(3)4/h6-8,10-11H,1-5H3/b8-6+. The fourth-order valence-electron chi connectivity index (χ4n) is 1.04. The van der Waals surface area contributed by atoms with E-state index in [0.29, 0.717) is 5.78 Å². The van der Waals surface area contributed by atoms with E-state index in [2.05, 4.69) is 0 Å². The van der Waals surface area contributed by atoms with Crippen LogP contribution in [0.4, 0.5) is 0 Å². The minimum absolute atomic E-state index is 0.0376. The van der Waals surface area contributed by atoms with Crippen molar-refractivity contribution in [2.75, 3.05) is 0 Å². The van der Waals surface area contributed by atoms with Gasteiger partial charge in [-0.3, -0.25) is 4.79 Å². The minimum Gasteiger partial charge on any atom is -0.299 e. The van der Waals surface area contributed by atoms with Crippen molar-refractivity contribution in [2.45, 2.75) is 34.6 Å². The summed E-state index contributed by atoms with van der Waals surface area (Å²) in [7, 11) is 0. The van der Waals surface area contributed by atoms with Crippen molar-refractivity contribution in [2.24, 2.45) is 11.8 Å². The van der Waals surface area contributed by atoms with Crippen LogP contribution in [0.2, 0.25) is 0 Å². The van der Waals surface area contributed by atoms with Crippen molar-refractivity contribution in [3.05, 3.63) is 23.8 Å². The Balaban J connectivity index is 4.15. The molecule has 0 aromatic carbocycles. The van der Waals surface area contributed by atoms with E-state index < -0.39 is 0 Å². The van der Waals surface area contributed by atoms with Crippen LogP contribution in [0, 0.1) is 11.8 Å². The Hall–Kier alpha value is -0.850. The van der Waals surface area contributed by atoms with Crippen molar-refractivity contribution in [1.82, 2.24) is 0 Å². The lowest BCUT2D eigenvalue weighted by atomic mass is 9.96. The van der Waals surface area contributed by atoms with E-state index in [-0.39, 0.29) is 11.8 Å². The number of ketones is 1. The highest BCUT2D eigenvalue weighted by atomic mass is 16.1. The molecule has 0 aromatic rings. The summed E-state index contributed by atoms with van der Waals surface area (Å²) in [6.45, 7) is 9.90. The van der Waals surface area contributed by atoms with E-state index in [9.17, 15) is 4.79 Å². The van der Waals surface area contributed by atoms with Gasteiger partial charge in [0.2, 0.25) is 0 Å². The second-order valence-electron chi connectivity index (χ2n) is 3.97. The first-order valence-corrected chi connectivity index (χ1v) is 4.80. The average molecular weight is 180 g/mol. The van der Waals surface area contributed by atoms with Crippen LogP contribution in [-0.4, -0.2) is 5.78 Å². The van der Waals surface area contributed by atoms with Crippen LogP contribution >= 0.6 is 0 Å². The highest BCUT2D eigenvalue weighted by Crippen LogP contribution is 2.07. The molecule has 0 aliphatic carbocycles. The highest BCUT2D eigenvalue weighted by molar-refractivity contribution is 5.84. The first kappa shape index (κ1) is 12.2. The molecule has 1 nitrogen and oxygen atoms in total. The first-order chi connectivity index (χ1) is 5.95. The molecule has 0 saturated heterocycles. The Morgan fingerprint density at radius 3 is 2.08 bits per heavy atom. The van der Waals surface area contributed by atoms with Crippen LogP contribution in [0.3, 0.4) is 0 Å². The third-order valence-electron chi connectivity index (χ3n) is 1.85. The third-order valence-corrected chi connectivity index (χ3v) is 1.85. The maximum Gasteiger partial charge on any atom is 0.141 e. The van der Waals surface area contributed by atoms with Gasteiger partial charge < -0.3 is 0 Å². The van der Waals surface area contributed by atoms with Crippen LogP contribution in [-0.2, 0) is 4.79 Å². The van der Waals surface area contributed by atoms with E-state index in [0.717, 1.165) is 0 Å². The molecule has 0 N–H and O–H groups in total. The topological polar surface area (TPSA) is 17.1 Å². The number of Topliss-reactive ketones (excluding diaryl/α,β-unsaturated/α-hetero) is 1. The largest absolute Gasteiger partial charge is 0.299 e. The Kier molecular flexibility index (Phi) is 5.36. The molecule has 13 heavy (non-hydrogen) atoms. The molecule has 0 rings (SSSR count). The Labute approximate surface area is 81.5 Å². The minimum atomic E-state index is 0.0376. The quantitative estimate of drug-likeness (QED) is 0.606. The summed E-state index contributed by atoms with van der Waals surface area (Å²) in [5.74, 6) is 0.473. The van der Waals surface area contributed by atoms with E-state index in [1.54, 1.807) is 0 Å². The molecule has 0 aromatic heterocycles. The zero-order valence-corrected chi connectivity index (χ0v) is 9.29. The Morgan fingerprint density at radius 1 is 1.15 bits per heavy atom. The summed E-state index contributed by atoms with van der Waals surface area (Å²) >= 11 is 0. The van der Waals surface area contributed by atoms with Gasteiger partial charge in [-0.15, -0.1) is 0 Å². The van der Waals surface area contributed by atoms with Gasteiger partial charge >= 0.3 is 0 Å². The monoisotopic (exact) mass is 180 g/mol. The summed E-state index contributed by atoms with van der Waals surface area (Å²) in [6.07, 6.45) is 5.93. The number of hydrogen-bond acceptors (Lipinski definition) is 1. The van der Waals surface area contributed by atoms with Gasteiger partial charge in [-0.2, -0.15) is 0 Å². The summed E-state index contributed by atoms with van der Waals surface area (Å²) in [5.41, 5.74) is 1.25. The molecule has 0 radical (unpaired) electrons. The average Bonchev–Trinajstić information content (AvgIpc) is 2.02. The molecule has 0 aliphatic rings.